The van der Waals surface area contributed by atoms with E-state index in [-0.39, 0.29) is 11.9 Å². The molecule has 0 radical (unpaired) electrons. The van der Waals surface area contributed by atoms with Crippen LogP contribution in [0.25, 0.3) is 0 Å². The SMILES string of the molecule is CC(C(=O)N1CCCC1CCCBr)S(C)(=O)=O. The lowest BCUT2D eigenvalue weighted by molar-refractivity contribution is -0.131. The molecule has 1 heterocycles. The molecule has 100 valence electrons. The van der Waals surface area contributed by atoms with Gasteiger partial charge in [-0.3, -0.25) is 4.79 Å². The maximum absolute atomic E-state index is 12.1. The van der Waals surface area contributed by atoms with Crippen LogP contribution in [-0.2, 0) is 14.6 Å². The van der Waals surface area contributed by atoms with Gasteiger partial charge in [-0.1, -0.05) is 15.9 Å². The average Bonchev–Trinajstić information content (AvgIpc) is 2.71. The van der Waals surface area contributed by atoms with Crippen LogP contribution < -0.4 is 0 Å². The van der Waals surface area contributed by atoms with E-state index in [0.717, 1.165) is 37.3 Å². The third kappa shape index (κ3) is 3.95. The molecule has 1 amide bonds. The molecule has 0 aromatic rings. The van der Waals surface area contributed by atoms with Crippen molar-refractivity contribution in [3.8, 4) is 0 Å². The van der Waals surface area contributed by atoms with Crippen molar-refractivity contribution in [1.82, 2.24) is 4.90 Å². The number of carbonyl (C=O) groups is 1. The first-order valence-electron chi connectivity index (χ1n) is 5.93. The molecule has 0 N–H and O–H groups in total. The van der Waals surface area contributed by atoms with Gasteiger partial charge < -0.3 is 4.90 Å². The summed E-state index contributed by atoms with van der Waals surface area (Å²) in [4.78, 5) is 13.9. The second kappa shape index (κ2) is 6.18. The predicted molar refractivity (Wildman–Crippen MR) is 72.1 cm³/mol. The second-order valence-electron chi connectivity index (χ2n) is 4.63. The molecule has 6 heteroatoms. The van der Waals surface area contributed by atoms with Crippen LogP contribution in [-0.4, -0.2) is 48.6 Å². The highest BCUT2D eigenvalue weighted by Gasteiger charge is 2.34. The molecule has 17 heavy (non-hydrogen) atoms. The molecule has 0 bridgehead atoms. The minimum absolute atomic E-state index is 0.226. The highest BCUT2D eigenvalue weighted by molar-refractivity contribution is 9.09. The van der Waals surface area contributed by atoms with Crippen molar-refractivity contribution >= 4 is 31.7 Å². The number of halogens is 1. The van der Waals surface area contributed by atoms with E-state index in [1.165, 1.54) is 6.92 Å². The van der Waals surface area contributed by atoms with Gasteiger partial charge in [-0.15, -0.1) is 0 Å². The van der Waals surface area contributed by atoms with Crippen molar-refractivity contribution in [2.45, 2.75) is 43.9 Å². The fraction of sp³-hybridized carbons (Fsp3) is 0.909. The molecular weight excluding hydrogens is 306 g/mol. The molecule has 0 aromatic heterocycles. The van der Waals surface area contributed by atoms with E-state index in [9.17, 15) is 13.2 Å². The van der Waals surface area contributed by atoms with Crippen molar-refractivity contribution in [2.75, 3.05) is 18.1 Å². The summed E-state index contributed by atoms with van der Waals surface area (Å²) < 4.78 is 22.8. The number of hydrogen-bond acceptors (Lipinski definition) is 3. The molecule has 1 aliphatic rings. The molecule has 0 aromatic carbocycles. The largest absolute Gasteiger partial charge is 0.339 e. The van der Waals surface area contributed by atoms with E-state index in [4.69, 9.17) is 0 Å². The number of hydrogen-bond donors (Lipinski definition) is 0. The number of likely N-dealkylation sites (tertiary alicyclic amines) is 1. The van der Waals surface area contributed by atoms with Gasteiger partial charge in [0.05, 0.1) is 0 Å². The van der Waals surface area contributed by atoms with E-state index in [0.29, 0.717) is 6.54 Å². The zero-order chi connectivity index (χ0) is 13.1. The van der Waals surface area contributed by atoms with Gasteiger partial charge in [0.2, 0.25) is 5.91 Å². The summed E-state index contributed by atoms with van der Waals surface area (Å²) in [5.41, 5.74) is 0. The van der Waals surface area contributed by atoms with Crippen LogP contribution in [0, 0.1) is 0 Å². The summed E-state index contributed by atoms with van der Waals surface area (Å²) in [6, 6.07) is 0.226. The van der Waals surface area contributed by atoms with Gasteiger partial charge in [0, 0.05) is 24.2 Å². The Kier molecular flexibility index (Phi) is 5.44. The molecule has 0 aliphatic carbocycles. The van der Waals surface area contributed by atoms with E-state index >= 15 is 0 Å². The van der Waals surface area contributed by atoms with Crippen LogP contribution >= 0.6 is 15.9 Å². The lowest BCUT2D eigenvalue weighted by atomic mass is 10.1. The first-order chi connectivity index (χ1) is 7.88. The molecule has 2 unspecified atom stereocenters. The molecule has 0 spiro atoms. The summed E-state index contributed by atoms with van der Waals surface area (Å²) in [6.07, 6.45) is 5.07. The van der Waals surface area contributed by atoms with Crippen LogP contribution in [0.1, 0.15) is 32.6 Å². The Hall–Kier alpha value is -0.100. The Bertz CT molecular complexity index is 369. The maximum atomic E-state index is 12.1. The smallest absolute Gasteiger partial charge is 0.240 e. The van der Waals surface area contributed by atoms with Gasteiger partial charge >= 0.3 is 0 Å². The van der Waals surface area contributed by atoms with Crippen molar-refractivity contribution in [1.29, 1.82) is 0 Å². The lowest BCUT2D eigenvalue weighted by Crippen LogP contribution is -2.43. The molecule has 4 nitrogen and oxygen atoms in total. The van der Waals surface area contributed by atoms with Crippen LogP contribution in [0.5, 0.6) is 0 Å². The number of rotatable bonds is 5. The summed E-state index contributed by atoms with van der Waals surface area (Å²) in [6.45, 7) is 2.18. The second-order valence-corrected chi connectivity index (χ2v) is 7.79. The molecular formula is C11H20BrNO3S. The van der Waals surface area contributed by atoms with Crippen molar-refractivity contribution in [3.63, 3.8) is 0 Å². The summed E-state index contributed by atoms with van der Waals surface area (Å²) in [7, 11) is -3.28. The zero-order valence-corrected chi connectivity index (χ0v) is 12.8. The monoisotopic (exact) mass is 325 g/mol. The highest BCUT2D eigenvalue weighted by atomic mass is 79.9. The van der Waals surface area contributed by atoms with Gasteiger partial charge in [0.15, 0.2) is 9.84 Å². The van der Waals surface area contributed by atoms with E-state index in [1.54, 1.807) is 4.90 Å². The van der Waals surface area contributed by atoms with Crippen molar-refractivity contribution in [2.24, 2.45) is 0 Å². The quantitative estimate of drug-likeness (QED) is 0.721. The molecule has 1 rings (SSSR count). The Labute approximate surface area is 112 Å². The third-order valence-corrected chi connectivity index (χ3v) is 5.37. The van der Waals surface area contributed by atoms with E-state index in [1.807, 2.05) is 0 Å². The topological polar surface area (TPSA) is 54.5 Å². The summed E-state index contributed by atoms with van der Waals surface area (Å²) in [5, 5.41) is 0.0137. The maximum Gasteiger partial charge on any atom is 0.240 e. The lowest BCUT2D eigenvalue weighted by Gasteiger charge is -2.26. The van der Waals surface area contributed by atoms with Crippen molar-refractivity contribution in [3.05, 3.63) is 0 Å². The minimum Gasteiger partial charge on any atom is -0.339 e. The Morgan fingerprint density at radius 3 is 2.71 bits per heavy atom. The average molecular weight is 326 g/mol. The Morgan fingerprint density at radius 2 is 2.18 bits per heavy atom. The summed E-state index contributed by atoms with van der Waals surface area (Å²) in [5.74, 6) is -0.232. The number of amides is 1. The Balaban J connectivity index is 2.68. The zero-order valence-electron chi connectivity index (χ0n) is 10.4. The normalized spacial score (nSPS) is 22.8. The number of carbonyl (C=O) groups excluding carboxylic acids is 1. The van der Waals surface area contributed by atoms with Gasteiger partial charge in [0.25, 0.3) is 0 Å². The molecule has 2 atom stereocenters. The van der Waals surface area contributed by atoms with Crippen LogP contribution in [0.15, 0.2) is 0 Å². The van der Waals surface area contributed by atoms with Gasteiger partial charge in [-0.2, -0.15) is 0 Å². The highest BCUT2D eigenvalue weighted by Crippen LogP contribution is 2.23. The van der Waals surface area contributed by atoms with Crippen molar-refractivity contribution < 1.29 is 13.2 Å². The minimum atomic E-state index is -3.28. The number of nitrogens with zero attached hydrogens (tertiary/aromatic N) is 1. The number of sulfone groups is 1. The molecule has 1 fully saturated rings. The predicted octanol–water partition coefficient (Wildman–Crippen LogP) is 1.59. The standard InChI is InChI=1S/C11H20BrNO3S/c1-9(17(2,15)16)11(14)13-8-4-6-10(13)5-3-7-12/h9-10H,3-8H2,1-2H3. The number of alkyl halides is 1. The van der Waals surface area contributed by atoms with Crippen LogP contribution in [0.3, 0.4) is 0 Å². The van der Waals surface area contributed by atoms with E-state index < -0.39 is 15.1 Å². The first kappa shape index (κ1) is 15.0. The molecule has 1 aliphatic heterocycles. The molecule has 1 saturated heterocycles. The third-order valence-electron chi connectivity index (χ3n) is 3.32. The summed E-state index contributed by atoms with van der Waals surface area (Å²) >= 11 is 3.37. The first-order valence-corrected chi connectivity index (χ1v) is 9.01. The van der Waals surface area contributed by atoms with Gasteiger partial charge in [-0.25, -0.2) is 8.42 Å². The molecule has 0 saturated carbocycles. The fourth-order valence-corrected chi connectivity index (χ4v) is 2.98. The van der Waals surface area contributed by atoms with Crippen LogP contribution in [0.2, 0.25) is 0 Å². The fourth-order valence-electron chi connectivity index (χ4n) is 2.16. The van der Waals surface area contributed by atoms with Gasteiger partial charge in [0.1, 0.15) is 5.25 Å². The van der Waals surface area contributed by atoms with E-state index in [2.05, 4.69) is 15.9 Å². The van der Waals surface area contributed by atoms with Gasteiger partial charge in [-0.05, 0) is 32.6 Å². The van der Waals surface area contributed by atoms with Crippen LogP contribution in [0.4, 0.5) is 0 Å². The Morgan fingerprint density at radius 1 is 1.53 bits per heavy atom.